The summed E-state index contributed by atoms with van der Waals surface area (Å²) in [5.74, 6) is 0.831. The Morgan fingerprint density at radius 2 is 2.00 bits per heavy atom. The second kappa shape index (κ2) is 7.49. The van der Waals surface area contributed by atoms with Crippen LogP contribution in [0.2, 0.25) is 0 Å². The minimum atomic E-state index is -0.722. The van der Waals surface area contributed by atoms with E-state index in [0.717, 1.165) is 37.0 Å². The maximum absolute atomic E-state index is 11.8. The van der Waals surface area contributed by atoms with Crippen molar-refractivity contribution in [1.29, 1.82) is 0 Å². The van der Waals surface area contributed by atoms with Crippen LogP contribution in [0.5, 0.6) is 5.75 Å². The van der Waals surface area contributed by atoms with Crippen LogP contribution in [0.25, 0.3) is 0 Å². The molecule has 1 atom stereocenters. The Morgan fingerprint density at radius 3 is 2.68 bits per heavy atom. The lowest BCUT2D eigenvalue weighted by Gasteiger charge is -2.23. The second-order valence-corrected chi connectivity index (χ2v) is 6.19. The predicted molar refractivity (Wildman–Crippen MR) is 86.1 cm³/mol. The number of amides is 2. The zero-order chi connectivity index (χ0) is 16.0. The summed E-state index contributed by atoms with van der Waals surface area (Å²) in [6.45, 7) is 4.63. The molecule has 1 saturated carbocycles. The fourth-order valence-corrected chi connectivity index (χ4v) is 2.70. The first-order chi connectivity index (χ1) is 10.5. The molecule has 1 fully saturated rings. The first kappa shape index (κ1) is 16.6. The fraction of sp³-hybridized carbons (Fsp3) is 0.588. The molecule has 122 valence electrons. The minimum absolute atomic E-state index is 0.124. The van der Waals surface area contributed by atoms with Crippen LogP contribution in [0, 0.1) is 6.92 Å². The van der Waals surface area contributed by atoms with Crippen molar-refractivity contribution in [2.75, 3.05) is 13.1 Å². The van der Waals surface area contributed by atoms with Gasteiger partial charge in [0.25, 0.3) is 0 Å². The third-order valence-corrected chi connectivity index (χ3v) is 4.08. The second-order valence-electron chi connectivity index (χ2n) is 6.19. The molecule has 3 N–H and O–H groups in total. The van der Waals surface area contributed by atoms with Gasteiger partial charge in [0.15, 0.2) is 0 Å². The van der Waals surface area contributed by atoms with Gasteiger partial charge in [0.1, 0.15) is 11.9 Å². The van der Waals surface area contributed by atoms with E-state index in [1.54, 1.807) is 0 Å². The van der Waals surface area contributed by atoms with Gasteiger partial charge in [-0.25, -0.2) is 4.79 Å². The molecular weight excluding hydrogens is 280 g/mol. The van der Waals surface area contributed by atoms with E-state index in [0.29, 0.717) is 13.1 Å². The van der Waals surface area contributed by atoms with Gasteiger partial charge in [-0.1, -0.05) is 31.0 Å². The molecule has 0 saturated heterocycles. The van der Waals surface area contributed by atoms with E-state index in [9.17, 15) is 9.90 Å². The highest BCUT2D eigenvalue weighted by molar-refractivity contribution is 5.73. The van der Waals surface area contributed by atoms with E-state index in [4.69, 9.17) is 4.74 Å². The number of urea groups is 1. The summed E-state index contributed by atoms with van der Waals surface area (Å²) in [6, 6.07) is 7.54. The number of nitrogens with one attached hydrogen (secondary N) is 2. The Bertz CT molecular complexity index is 498. The van der Waals surface area contributed by atoms with Gasteiger partial charge in [-0.2, -0.15) is 0 Å². The van der Waals surface area contributed by atoms with E-state index >= 15 is 0 Å². The van der Waals surface area contributed by atoms with Crippen molar-refractivity contribution in [2.45, 2.75) is 51.2 Å². The Morgan fingerprint density at radius 1 is 1.32 bits per heavy atom. The standard InChI is InChI=1S/C17H26N2O3/c1-13-7-3-4-8-15(13)22-14(2)11-18-16(20)19-12-17(21)9-5-6-10-17/h3-4,7-8,14,21H,5-6,9-12H2,1-2H3,(H2,18,19,20). The molecule has 1 aromatic carbocycles. The summed E-state index contributed by atoms with van der Waals surface area (Å²) in [7, 11) is 0. The number of aliphatic hydroxyl groups is 1. The molecule has 5 nitrogen and oxygen atoms in total. The Balaban J connectivity index is 1.68. The average Bonchev–Trinajstić information content (AvgIpc) is 2.93. The number of aryl methyl sites for hydroxylation is 1. The van der Waals surface area contributed by atoms with Crippen LogP contribution >= 0.6 is 0 Å². The van der Waals surface area contributed by atoms with Gasteiger partial charge in [0, 0.05) is 6.54 Å². The molecule has 1 aliphatic rings. The Hall–Kier alpha value is -1.75. The van der Waals surface area contributed by atoms with Gasteiger partial charge >= 0.3 is 6.03 Å². The molecule has 1 unspecified atom stereocenters. The molecule has 0 aliphatic heterocycles. The summed E-state index contributed by atoms with van der Waals surface area (Å²) in [5.41, 5.74) is 0.350. The van der Waals surface area contributed by atoms with E-state index in [2.05, 4.69) is 10.6 Å². The first-order valence-electron chi connectivity index (χ1n) is 7.95. The Labute approximate surface area is 132 Å². The molecule has 0 bridgehead atoms. The molecule has 0 aromatic heterocycles. The van der Waals surface area contributed by atoms with Crippen molar-refractivity contribution >= 4 is 6.03 Å². The Kier molecular flexibility index (Phi) is 5.66. The van der Waals surface area contributed by atoms with Gasteiger partial charge in [-0.3, -0.25) is 0 Å². The van der Waals surface area contributed by atoms with Crippen molar-refractivity contribution in [2.24, 2.45) is 0 Å². The van der Waals surface area contributed by atoms with Gasteiger partial charge < -0.3 is 20.5 Å². The van der Waals surface area contributed by atoms with E-state index in [-0.39, 0.29) is 12.1 Å². The summed E-state index contributed by atoms with van der Waals surface area (Å²) >= 11 is 0. The number of hydrogen-bond acceptors (Lipinski definition) is 3. The van der Waals surface area contributed by atoms with Crippen LogP contribution in [0.4, 0.5) is 4.79 Å². The smallest absolute Gasteiger partial charge is 0.315 e. The number of hydrogen-bond donors (Lipinski definition) is 3. The highest BCUT2D eigenvalue weighted by atomic mass is 16.5. The maximum Gasteiger partial charge on any atom is 0.315 e. The molecule has 1 aromatic rings. The maximum atomic E-state index is 11.8. The number of carbonyl (C=O) groups is 1. The zero-order valence-corrected chi connectivity index (χ0v) is 13.4. The molecule has 1 aliphatic carbocycles. The third-order valence-electron chi connectivity index (χ3n) is 4.08. The molecule has 0 spiro atoms. The minimum Gasteiger partial charge on any atom is -0.489 e. The topological polar surface area (TPSA) is 70.6 Å². The van der Waals surface area contributed by atoms with Crippen molar-refractivity contribution in [3.8, 4) is 5.75 Å². The van der Waals surface area contributed by atoms with Gasteiger partial charge in [0.05, 0.1) is 12.1 Å². The summed E-state index contributed by atoms with van der Waals surface area (Å²) in [6.07, 6.45) is 3.46. The van der Waals surface area contributed by atoms with Crippen LogP contribution in [0.15, 0.2) is 24.3 Å². The quantitative estimate of drug-likeness (QED) is 0.755. The molecule has 5 heteroatoms. The largest absolute Gasteiger partial charge is 0.489 e. The van der Waals surface area contributed by atoms with Crippen molar-refractivity contribution < 1.29 is 14.6 Å². The SMILES string of the molecule is Cc1ccccc1OC(C)CNC(=O)NCC1(O)CCCC1. The van der Waals surface area contributed by atoms with Crippen molar-refractivity contribution in [1.82, 2.24) is 10.6 Å². The molecule has 0 heterocycles. The van der Waals surface area contributed by atoms with Crippen LogP contribution in [0.3, 0.4) is 0 Å². The summed E-state index contributed by atoms with van der Waals surface area (Å²) < 4.78 is 5.80. The lowest BCUT2D eigenvalue weighted by molar-refractivity contribution is 0.0500. The molecule has 0 radical (unpaired) electrons. The van der Waals surface area contributed by atoms with E-state index in [1.165, 1.54) is 0 Å². The molecule has 2 rings (SSSR count). The molecule has 2 amide bonds. The number of rotatable bonds is 6. The van der Waals surface area contributed by atoms with Gasteiger partial charge in [-0.15, -0.1) is 0 Å². The average molecular weight is 306 g/mol. The molecule has 22 heavy (non-hydrogen) atoms. The first-order valence-corrected chi connectivity index (χ1v) is 7.95. The van der Waals surface area contributed by atoms with Crippen LogP contribution in [-0.2, 0) is 0 Å². The molecular formula is C17H26N2O3. The highest BCUT2D eigenvalue weighted by Gasteiger charge is 2.31. The van der Waals surface area contributed by atoms with E-state index < -0.39 is 5.60 Å². The lowest BCUT2D eigenvalue weighted by Crippen LogP contribution is -2.46. The summed E-state index contributed by atoms with van der Waals surface area (Å²) in [5, 5.41) is 15.7. The number of carbonyl (C=O) groups excluding carboxylic acids is 1. The normalized spacial score (nSPS) is 17.8. The van der Waals surface area contributed by atoms with Crippen LogP contribution < -0.4 is 15.4 Å². The van der Waals surface area contributed by atoms with Gasteiger partial charge in [0.2, 0.25) is 0 Å². The number of ether oxygens (including phenoxy) is 1. The van der Waals surface area contributed by atoms with Crippen molar-refractivity contribution in [3.05, 3.63) is 29.8 Å². The van der Waals surface area contributed by atoms with Gasteiger partial charge in [-0.05, 0) is 38.3 Å². The van der Waals surface area contributed by atoms with Crippen LogP contribution in [-0.4, -0.2) is 35.9 Å². The third kappa shape index (κ3) is 4.91. The monoisotopic (exact) mass is 306 g/mol. The highest BCUT2D eigenvalue weighted by Crippen LogP contribution is 2.28. The van der Waals surface area contributed by atoms with Crippen LogP contribution in [0.1, 0.15) is 38.2 Å². The van der Waals surface area contributed by atoms with Crippen molar-refractivity contribution in [3.63, 3.8) is 0 Å². The zero-order valence-electron chi connectivity index (χ0n) is 13.4. The number of para-hydroxylation sites is 1. The summed E-state index contributed by atoms with van der Waals surface area (Å²) in [4.78, 5) is 11.8. The predicted octanol–water partition coefficient (Wildman–Crippen LogP) is 2.37. The number of benzene rings is 1. The van der Waals surface area contributed by atoms with E-state index in [1.807, 2.05) is 38.1 Å². The fourth-order valence-electron chi connectivity index (χ4n) is 2.70. The lowest BCUT2D eigenvalue weighted by atomic mass is 10.0.